The van der Waals surface area contributed by atoms with E-state index in [9.17, 15) is 12.8 Å². The van der Waals surface area contributed by atoms with Crippen LogP contribution >= 0.6 is 0 Å². The van der Waals surface area contributed by atoms with E-state index in [1.165, 1.54) is 22.5 Å². The average molecular weight is 348 g/mol. The normalized spacial score (nSPS) is 16.8. The summed E-state index contributed by atoms with van der Waals surface area (Å²) in [5, 5.41) is 0. The van der Waals surface area contributed by atoms with E-state index in [1.54, 1.807) is 6.92 Å². The van der Waals surface area contributed by atoms with Crippen LogP contribution in [0.4, 0.5) is 10.1 Å². The van der Waals surface area contributed by atoms with E-state index in [2.05, 4.69) is 4.90 Å². The molecule has 3 rings (SSSR count). The molecule has 1 aliphatic heterocycles. The Hall–Kier alpha value is -1.92. The van der Waals surface area contributed by atoms with Crippen molar-refractivity contribution in [2.24, 2.45) is 0 Å². The molecule has 6 heteroatoms. The predicted octanol–water partition coefficient (Wildman–Crippen LogP) is 3.04. The lowest BCUT2D eigenvalue weighted by molar-refractivity contribution is 0.433. The van der Waals surface area contributed by atoms with Crippen molar-refractivity contribution in [2.45, 2.75) is 18.2 Å². The largest absolute Gasteiger partial charge is 0.370 e. The molecule has 24 heavy (non-hydrogen) atoms. The van der Waals surface area contributed by atoms with Crippen LogP contribution in [0.15, 0.2) is 53.4 Å². The Bertz CT molecular complexity index is 809. The van der Waals surface area contributed by atoms with Crippen LogP contribution in [0.3, 0.4) is 0 Å². The number of rotatable bonds is 3. The van der Waals surface area contributed by atoms with E-state index in [1.807, 2.05) is 30.3 Å². The SMILES string of the molecule is Cc1cc(S(=O)(=O)N2CCCN(c3ccccc3)CC2)ccc1F. The fourth-order valence-corrected chi connectivity index (χ4v) is 4.51. The van der Waals surface area contributed by atoms with Crippen LogP contribution in [0.2, 0.25) is 0 Å². The van der Waals surface area contributed by atoms with Crippen LogP contribution < -0.4 is 4.90 Å². The summed E-state index contributed by atoms with van der Waals surface area (Å²) < 4.78 is 40.6. The molecule has 128 valence electrons. The van der Waals surface area contributed by atoms with Gasteiger partial charge in [0.1, 0.15) is 5.82 Å². The second kappa shape index (κ2) is 6.91. The van der Waals surface area contributed by atoms with Gasteiger partial charge in [-0.15, -0.1) is 0 Å². The first-order chi connectivity index (χ1) is 11.5. The summed E-state index contributed by atoms with van der Waals surface area (Å²) in [6, 6.07) is 14.0. The van der Waals surface area contributed by atoms with Gasteiger partial charge in [0.05, 0.1) is 4.90 Å². The van der Waals surface area contributed by atoms with Crippen LogP contribution in [-0.2, 0) is 10.0 Å². The van der Waals surface area contributed by atoms with Crippen molar-refractivity contribution in [3.8, 4) is 0 Å². The molecule has 0 aromatic heterocycles. The maximum absolute atomic E-state index is 13.4. The number of anilines is 1. The number of aryl methyl sites for hydroxylation is 1. The Balaban J connectivity index is 1.79. The molecular formula is C18H21FN2O2S. The molecule has 2 aromatic rings. The molecule has 0 amide bonds. The van der Waals surface area contributed by atoms with Gasteiger partial charge in [-0.1, -0.05) is 18.2 Å². The summed E-state index contributed by atoms with van der Waals surface area (Å²) >= 11 is 0. The first-order valence-corrected chi connectivity index (χ1v) is 9.49. The molecule has 0 unspecified atom stereocenters. The minimum atomic E-state index is -3.59. The van der Waals surface area contributed by atoms with E-state index in [0.717, 1.165) is 18.7 Å². The maximum atomic E-state index is 13.4. The highest BCUT2D eigenvalue weighted by molar-refractivity contribution is 7.89. The molecule has 0 saturated carbocycles. The zero-order chi connectivity index (χ0) is 17.2. The van der Waals surface area contributed by atoms with Crippen LogP contribution in [0.5, 0.6) is 0 Å². The van der Waals surface area contributed by atoms with E-state index < -0.39 is 10.0 Å². The van der Waals surface area contributed by atoms with Crippen molar-refractivity contribution in [1.82, 2.24) is 4.31 Å². The Morgan fingerprint density at radius 2 is 1.71 bits per heavy atom. The second-order valence-electron chi connectivity index (χ2n) is 5.99. The first kappa shape index (κ1) is 16.9. The molecule has 0 spiro atoms. The minimum Gasteiger partial charge on any atom is -0.370 e. The highest BCUT2D eigenvalue weighted by Gasteiger charge is 2.27. The van der Waals surface area contributed by atoms with Crippen molar-refractivity contribution in [1.29, 1.82) is 0 Å². The Labute approximate surface area is 142 Å². The van der Waals surface area contributed by atoms with Crippen molar-refractivity contribution in [2.75, 3.05) is 31.1 Å². The highest BCUT2D eigenvalue weighted by atomic mass is 32.2. The van der Waals surface area contributed by atoms with Crippen molar-refractivity contribution in [3.63, 3.8) is 0 Å². The van der Waals surface area contributed by atoms with Crippen LogP contribution in [-0.4, -0.2) is 38.9 Å². The summed E-state index contributed by atoms with van der Waals surface area (Å²) in [6.07, 6.45) is 0.758. The van der Waals surface area contributed by atoms with Gasteiger partial charge in [-0.2, -0.15) is 4.31 Å². The standard InChI is InChI=1S/C18H21FN2O2S/c1-15-14-17(8-9-18(15)19)24(22,23)21-11-5-10-20(12-13-21)16-6-3-2-4-7-16/h2-4,6-9,14H,5,10-13H2,1H3. The summed E-state index contributed by atoms with van der Waals surface area (Å²) in [5.74, 6) is -0.389. The Kier molecular flexibility index (Phi) is 4.87. The Morgan fingerprint density at radius 1 is 0.958 bits per heavy atom. The third-order valence-corrected chi connectivity index (χ3v) is 6.24. The van der Waals surface area contributed by atoms with Gasteiger partial charge in [-0.3, -0.25) is 0 Å². The molecule has 0 atom stereocenters. The van der Waals surface area contributed by atoms with Gasteiger partial charge in [-0.05, 0) is 49.2 Å². The smallest absolute Gasteiger partial charge is 0.243 e. The molecule has 1 saturated heterocycles. The Morgan fingerprint density at radius 3 is 2.42 bits per heavy atom. The van der Waals surface area contributed by atoms with Gasteiger partial charge in [-0.25, -0.2) is 12.8 Å². The monoisotopic (exact) mass is 348 g/mol. The quantitative estimate of drug-likeness (QED) is 0.856. The fourth-order valence-electron chi connectivity index (χ4n) is 2.96. The lowest BCUT2D eigenvalue weighted by atomic mass is 10.2. The first-order valence-electron chi connectivity index (χ1n) is 8.05. The van der Waals surface area contributed by atoms with Gasteiger partial charge in [0.2, 0.25) is 10.0 Å². The van der Waals surface area contributed by atoms with Crippen molar-refractivity contribution in [3.05, 3.63) is 59.9 Å². The van der Waals surface area contributed by atoms with Gasteiger partial charge in [0.15, 0.2) is 0 Å². The number of halogens is 1. The van der Waals surface area contributed by atoms with Gasteiger partial charge in [0, 0.05) is 31.9 Å². The summed E-state index contributed by atoms with van der Waals surface area (Å²) in [6.45, 7) is 3.94. The van der Waals surface area contributed by atoms with E-state index >= 15 is 0 Å². The molecule has 0 bridgehead atoms. The number of para-hydroxylation sites is 1. The summed E-state index contributed by atoms with van der Waals surface area (Å²) in [5.41, 5.74) is 1.45. The molecule has 0 aliphatic carbocycles. The minimum absolute atomic E-state index is 0.162. The van der Waals surface area contributed by atoms with Crippen LogP contribution in [0.1, 0.15) is 12.0 Å². The molecule has 0 radical (unpaired) electrons. The number of sulfonamides is 1. The van der Waals surface area contributed by atoms with Gasteiger partial charge < -0.3 is 4.90 Å². The number of nitrogens with zero attached hydrogens (tertiary/aromatic N) is 2. The molecule has 2 aromatic carbocycles. The summed E-state index contributed by atoms with van der Waals surface area (Å²) in [7, 11) is -3.59. The molecule has 1 aliphatic rings. The number of hydrogen-bond donors (Lipinski definition) is 0. The van der Waals surface area contributed by atoms with E-state index in [4.69, 9.17) is 0 Å². The van der Waals surface area contributed by atoms with Crippen molar-refractivity contribution < 1.29 is 12.8 Å². The van der Waals surface area contributed by atoms with Crippen LogP contribution in [0.25, 0.3) is 0 Å². The van der Waals surface area contributed by atoms with Gasteiger partial charge in [0.25, 0.3) is 0 Å². The number of hydrogen-bond acceptors (Lipinski definition) is 3. The fraction of sp³-hybridized carbons (Fsp3) is 0.333. The molecule has 0 N–H and O–H groups in total. The zero-order valence-electron chi connectivity index (χ0n) is 13.7. The number of benzene rings is 2. The average Bonchev–Trinajstić information content (AvgIpc) is 2.84. The molecule has 1 heterocycles. The third kappa shape index (κ3) is 3.44. The lowest BCUT2D eigenvalue weighted by Gasteiger charge is -2.23. The second-order valence-corrected chi connectivity index (χ2v) is 7.93. The van der Waals surface area contributed by atoms with Crippen LogP contribution in [0, 0.1) is 12.7 Å². The molecular weight excluding hydrogens is 327 g/mol. The van der Waals surface area contributed by atoms with E-state index in [0.29, 0.717) is 25.2 Å². The highest BCUT2D eigenvalue weighted by Crippen LogP contribution is 2.22. The lowest BCUT2D eigenvalue weighted by Crippen LogP contribution is -2.35. The molecule has 1 fully saturated rings. The maximum Gasteiger partial charge on any atom is 0.243 e. The molecule has 4 nitrogen and oxygen atoms in total. The van der Waals surface area contributed by atoms with Gasteiger partial charge >= 0.3 is 0 Å². The zero-order valence-corrected chi connectivity index (χ0v) is 14.5. The third-order valence-electron chi connectivity index (χ3n) is 4.34. The topological polar surface area (TPSA) is 40.6 Å². The summed E-state index contributed by atoms with van der Waals surface area (Å²) in [4.78, 5) is 2.36. The van der Waals surface area contributed by atoms with E-state index in [-0.39, 0.29) is 10.7 Å². The van der Waals surface area contributed by atoms with Crippen molar-refractivity contribution >= 4 is 15.7 Å². The predicted molar refractivity (Wildman–Crippen MR) is 93.2 cm³/mol.